The molecule has 1 aliphatic rings. The van der Waals surface area contributed by atoms with Crippen molar-refractivity contribution in [2.75, 3.05) is 6.61 Å². The van der Waals surface area contributed by atoms with Crippen molar-refractivity contribution < 1.29 is 9.53 Å². The van der Waals surface area contributed by atoms with Gasteiger partial charge < -0.3 is 10.1 Å². The van der Waals surface area contributed by atoms with Crippen LogP contribution in [0.3, 0.4) is 0 Å². The lowest BCUT2D eigenvalue weighted by Gasteiger charge is -2.06. The van der Waals surface area contributed by atoms with Gasteiger partial charge in [-0.05, 0) is 34.8 Å². The Hall–Kier alpha value is -1.10. The number of pyridine rings is 1. The van der Waals surface area contributed by atoms with E-state index in [1.165, 1.54) is 0 Å². The van der Waals surface area contributed by atoms with Gasteiger partial charge in [-0.15, -0.1) is 0 Å². The number of carbonyl (C=O) groups excluding carboxylic acids is 1. The van der Waals surface area contributed by atoms with Gasteiger partial charge in [0.15, 0.2) is 6.61 Å². The molecule has 1 N–H and O–H groups in total. The predicted octanol–water partition coefficient (Wildman–Crippen LogP) is 1.50. The summed E-state index contributed by atoms with van der Waals surface area (Å²) in [5.74, 6) is 0.521. The highest BCUT2D eigenvalue weighted by molar-refractivity contribution is 9.10. The van der Waals surface area contributed by atoms with Gasteiger partial charge in [0, 0.05) is 16.7 Å². The Morgan fingerprint density at radius 2 is 2.40 bits per heavy atom. The van der Waals surface area contributed by atoms with Crippen LogP contribution in [0.1, 0.15) is 12.8 Å². The Bertz CT molecular complexity index is 366. The van der Waals surface area contributed by atoms with Crippen molar-refractivity contribution in [3.8, 4) is 5.75 Å². The van der Waals surface area contributed by atoms with Gasteiger partial charge in [-0.1, -0.05) is 0 Å². The Labute approximate surface area is 96.2 Å². The third-order valence-corrected chi connectivity index (χ3v) is 2.43. The summed E-state index contributed by atoms with van der Waals surface area (Å²) in [6, 6.07) is 2.15. The molecule has 1 heterocycles. The van der Waals surface area contributed by atoms with E-state index in [2.05, 4.69) is 26.2 Å². The van der Waals surface area contributed by atoms with E-state index in [0.717, 1.165) is 17.3 Å². The molecule has 1 aromatic rings. The molecule has 0 bridgehead atoms. The second-order valence-electron chi connectivity index (χ2n) is 3.47. The molecule has 1 fully saturated rings. The number of nitrogens with one attached hydrogen (secondary N) is 1. The number of aromatic nitrogens is 1. The van der Waals surface area contributed by atoms with Crippen molar-refractivity contribution in [3.05, 3.63) is 22.9 Å². The molecule has 0 aromatic carbocycles. The van der Waals surface area contributed by atoms with Crippen LogP contribution < -0.4 is 10.1 Å². The summed E-state index contributed by atoms with van der Waals surface area (Å²) in [6.45, 7) is 0.0502. The first-order chi connectivity index (χ1) is 7.24. The van der Waals surface area contributed by atoms with E-state index in [4.69, 9.17) is 4.74 Å². The quantitative estimate of drug-likeness (QED) is 0.902. The van der Waals surface area contributed by atoms with Crippen LogP contribution in [0.15, 0.2) is 22.9 Å². The number of carbonyl (C=O) groups is 1. The molecule has 1 aliphatic carbocycles. The zero-order valence-electron chi connectivity index (χ0n) is 8.07. The Balaban J connectivity index is 1.78. The SMILES string of the molecule is O=C(COc1cncc(Br)c1)NC1CC1. The van der Waals surface area contributed by atoms with Gasteiger partial charge in [0.1, 0.15) is 5.75 Å². The molecule has 0 radical (unpaired) electrons. The molecule has 0 aliphatic heterocycles. The first-order valence-corrected chi connectivity index (χ1v) is 5.56. The molecule has 0 saturated heterocycles. The van der Waals surface area contributed by atoms with Gasteiger partial charge >= 0.3 is 0 Å². The monoisotopic (exact) mass is 270 g/mol. The van der Waals surface area contributed by atoms with Crippen molar-refractivity contribution in [2.24, 2.45) is 0 Å². The molecule has 15 heavy (non-hydrogen) atoms. The van der Waals surface area contributed by atoms with Crippen LogP contribution in [0, 0.1) is 0 Å². The van der Waals surface area contributed by atoms with E-state index in [1.54, 1.807) is 18.5 Å². The van der Waals surface area contributed by atoms with Crippen LogP contribution in [0.5, 0.6) is 5.75 Å². The second kappa shape index (κ2) is 4.61. The number of hydrogen-bond donors (Lipinski definition) is 1. The number of halogens is 1. The molecule has 5 heteroatoms. The molecule has 1 saturated carbocycles. The maximum absolute atomic E-state index is 11.3. The van der Waals surface area contributed by atoms with Gasteiger partial charge in [-0.3, -0.25) is 9.78 Å². The van der Waals surface area contributed by atoms with Crippen molar-refractivity contribution >= 4 is 21.8 Å². The Morgan fingerprint density at radius 3 is 3.07 bits per heavy atom. The molecular weight excluding hydrogens is 260 g/mol. The van der Waals surface area contributed by atoms with Crippen molar-refractivity contribution in [1.82, 2.24) is 10.3 Å². The molecule has 2 rings (SSSR count). The van der Waals surface area contributed by atoms with E-state index in [1.807, 2.05) is 0 Å². The molecule has 0 spiro atoms. The fraction of sp³-hybridized carbons (Fsp3) is 0.400. The van der Waals surface area contributed by atoms with Gasteiger partial charge in [-0.25, -0.2) is 0 Å². The summed E-state index contributed by atoms with van der Waals surface area (Å²) < 4.78 is 6.11. The first-order valence-electron chi connectivity index (χ1n) is 4.77. The average Bonchev–Trinajstić information content (AvgIpc) is 2.99. The maximum Gasteiger partial charge on any atom is 0.258 e. The summed E-state index contributed by atoms with van der Waals surface area (Å²) in [4.78, 5) is 15.2. The number of hydrogen-bond acceptors (Lipinski definition) is 3. The van der Waals surface area contributed by atoms with Gasteiger partial charge in [0.2, 0.25) is 0 Å². The Morgan fingerprint density at radius 1 is 1.60 bits per heavy atom. The summed E-state index contributed by atoms with van der Waals surface area (Å²) in [6.07, 6.45) is 5.42. The lowest BCUT2D eigenvalue weighted by atomic mass is 10.4. The third kappa shape index (κ3) is 3.51. The third-order valence-electron chi connectivity index (χ3n) is 1.99. The molecule has 4 nitrogen and oxygen atoms in total. The minimum Gasteiger partial charge on any atom is -0.482 e. The number of rotatable bonds is 4. The smallest absolute Gasteiger partial charge is 0.258 e. The van der Waals surface area contributed by atoms with Crippen molar-refractivity contribution in [2.45, 2.75) is 18.9 Å². The van der Waals surface area contributed by atoms with Gasteiger partial charge in [-0.2, -0.15) is 0 Å². The van der Waals surface area contributed by atoms with E-state index in [-0.39, 0.29) is 12.5 Å². The molecule has 80 valence electrons. The zero-order valence-corrected chi connectivity index (χ0v) is 9.66. The minimum atomic E-state index is -0.0718. The van der Waals surface area contributed by atoms with Crippen LogP contribution >= 0.6 is 15.9 Å². The largest absolute Gasteiger partial charge is 0.482 e. The first kappa shape index (κ1) is 10.4. The molecule has 0 atom stereocenters. The summed E-state index contributed by atoms with van der Waals surface area (Å²) in [5, 5.41) is 2.84. The second-order valence-corrected chi connectivity index (χ2v) is 4.38. The van der Waals surface area contributed by atoms with E-state index in [9.17, 15) is 4.79 Å². The fourth-order valence-electron chi connectivity index (χ4n) is 1.12. The minimum absolute atomic E-state index is 0.0502. The van der Waals surface area contributed by atoms with E-state index >= 15 is 0 Å². The molecule has 1 aromatic heterocycles. The van der Waals surface area contributed by atoms with Crippen molar-refractivity contribution in [1.29, 1.82) is 0 Å². The highest BCUT2D eigenvalue weighted by atomic mass is 79.9. The summed E-state index contributed by atoms with van der Waals surface area (Å²) >= 11 is 3.28. The number of ether oxygens (including phenoxy) is 1. The molecule has 0 unspecified atom stereocenters. The number of amides is 1. The highest BCUT2D eigenvalue weighted by Crippen LogP contribution is 2.18. The van der Waals surface area contributed by atoms with Crippen LogP contribution in [-0.2, 0) is 4.79 Å². The number of nitrogens with zero attached hydrogens (tertiary/aromatic N) is 1. The van der Waals surface area contributed by atoms with Gasteiger partial charge in [0.25, 0.3) is 5.91 Å². The standard InChI is InChI=1S/C10H11BrN2O2/c11-7-3-9(5-12-4-7)15-6-10(14)13-8-1-2-8/h3-5,8H,1-2,6H2,(H,13,14). The highest BCUT2D eigenvalue weighted by Gasteiger charge is 2.23. The van der Waals surface area contributed by atoms with Crippen LogP contribution in [0.25, 0.3) is 0 Å². The van der Waals surface area contributed by atoms with E-state index in [0.29, 0.717) is 11.8 Å². The molecule has 1 amide bonds. The normalized spacial score (nSPS) is 14.7. The topological polar surface area (TPSA) is 51.2 Å². The maximum atomic E-state index is 11.3. The van der Waals surface area contributed by atoms with Crippen LogP contribution in [-0.4, -0.2) is 23.5 Å². The van der Waals surface area contributed by atoms with E-state index < -0.39 is 0 Å². The zero-order chi connectivity index (χ0) is 10.7. The molecular formula is C10H11BrN2O2. The summed E-state index contributed by atoms with van der Waals surface area (Å²) in [7, 11) is 0. The lowest BCUT2D eigenvalue weighted by Crippen LogP contribution is -2.30. The van der Waals surface area contributed by atoms with Crippen LogP contribution in [0.4, 0.5) is 0 Å². The van der Waals surface area contributed by atoms with Crippen LogP contribution in [0.2, 0.25) is 0 Å². The summed E-state index contributed by atoms with van der Waals surface area (Å²) in [5.41, 5.74) is 0. The average molecular weight is 271 g/mol. The predicted molar refractivity (Wildman–Crippen MR) is 58.6 cm³/mol. The fourth-order valence-corrected chi connectivity index (χ4v) is 1.46. The Kier molecular flexibility index (Phi) is 3.20. The van der Waals surface area contributed by atoms with Crippen molar-refractivity contribution in [3.63, 3.8) is 0 Å². The lowest BCUT2D eigenvalue weighted by molar-refractivity contribution is -0.123. The van der Waals surface area contributed by atoms with Gasteiger partial charge in [0.05, 0.1) is 6.20 Å².